The monoisotopic (exact) mass is 264 g/mol. The lowest BCUT2D eigenvalue weighted by Crippen LogP contribution is -2.11. The number of fused-ring (bicyclic) bond motifs is 1. The summed E-state index contributed by atoms with van der Waals surface area (Å²) in [5.74, 6) is 0. The molecule has 3 aromatic rings. The molecule has 0 atom stereocenters. The Kier molecular flexibility index (Phi) is 2.89. The summed E-state index contributed by atoms with van der Waals surface area (Å²) in [4.78, 5) is 0. The maximum Gasteiger partial charge on any atom is 0.0568 e. The predicted molar refractivity (Wildman–Crippen MR) is 84.9 cm³/mol. The predicted octanol–water partition coefficient (Wildman–Crippen LogP) is 4.54. The van der Waals surface area contributed by atoms with Crippen LogP contribution in [-0.2, 0) is 12.5 Å². The Balaban J connectivity index is 2.18. The van der Waals surface area contributed by atoms with Crippen molar-refractivity contribution in [2.45, 2.75) is 26.2 Å². The molecule has 2 aromatic carbocycles. The largest absolute Gasteiger partial charge is 0.275 e. The number of nitrogens with zero attached hydrogens (tertiary/aromatic N) is 2. The molecule has 0 unspecified atom stereocenters. The van der Waals surface area contributed by atoms with Gasteiger partial charge in [-0.2, -0.15) is 5.10 Å². The van der Waals surface area contributed by atoms with Crippen molar-refractivity contribution in [3.8, 4) is 11.1 Å². The smallest absolute Gasteiger partial charge is 0.0568 e. The van der Waals surface area contributed by atoms with Gasteiger partial charge in [0.2, 0.25) is 0 Å². The second-order valence-corrected chi connectivity index (χ2v) is 6.39. The highest BCUT2D eigenvalue weighted by Gasteiger charge is 2.16. The molecule has 0 spiro atoms. The van der Waals surface area contributed by atoms with E-state index in [9.17, 15) is 0 Å². The number of hydrogen-bond acceptors (Lipinski definition) is 1. The van der Waals surface area contributed by atoms with Gasteiger partial charge in [-0.25, -0.2) is 0 Å². The van der Waals surface area contributed by atoms with Gasteiger partial charge in [0.25, 0.3) is 0 Å². The van der Waals surface area contributed by atoms with Gasteiger partial charge in [0.05, 0.1) is 6.20 Å². The minimum absolute atomic E-state index is 0.162. The van der Waals surface area contributed by atoms with Crippen LogP contribution in [0.3, 0.4) is 0 Å². The van der Waals surface area contributed by atoms with Crippen LogP contribution in [0.2, 0.25) is 0 Å². The van der Waals surface area contributed by atoms with Crippen molar-refractivity contribution in [1.82, 2.24) is 9.78 Å². The highest BCUT2D eigenvalue weighted by molar-refractivity contribution is 5.90. The molecule has 0 aliphatic rings. The summed E-state index contributed by atoms with van der Waals surface area (Å²) < 4.78 is 1.84. The molecule has 102 valence electrons. The Morgan fingerprint density at radius 1 is 1.00 bits per heavy atom. The lowest BCUT2D eigenvalue weighted by molar-refractivity contribution is 0.596. The first-order chi connectivity index (χ1) is 9.45. The van der Waals surface area contributed by atoms with Crippen LogP contribution in [0.1, 0.15) is 26.3 Å². The van der Waals surface area contributed by atoms with E-state index in [0.29, 0.717) is 0 Å². The fraction of sp³-hybridized carbons (Fsp3) is 0.278. The second kappa shape index (κ2) is 4.48. The van der Waals surface area contributed by atoms with E-state index in [2.05, 4.69) is 68.5 Å². The molecule has 0 amide bonds. The van der Waals surface area contributed by atoms with Crippen molar-refractivity contribution < 1.29 is 0 Å². The summed E-state index contributed by atoms with van der Waals surface area (Å²) in [6, 6.07) is 13.2. The van der Waals surface area contributed by atoms with Gasteiger partial charge in [-0.15, -0.1) is 0 Å². The van der Waals surface area contributed by atoms with E-state index in [4.69, 9.17) is 0 Å². The summed E-state index contributed by atoms with van der Waals surface area (Å²) in [6.45, 7) is 6.78. The summed E-state index contributed by atoms with van der Waals surface area (Å²) in [7, 11) is 1.95. The number of aromatic nitrogens is 2. The van der Waals surface area contributed by atoms with Crippen LogP contribution < -0.4 is 0 Å². The van der Waals surface area contributed by atoms with E-state index >= 15 is 0 Å². The molecule has 0 saturated carbocycles. The molecule has 3 rings (SSSR count). The van der Waals surface area contributed by atoms with Crippen LogP contribution >= 0.6 is 0 Å². The van der Waals surface area contributed by atoms with Gasteiger partial charge in [-0.1, -0.05) is 51.1 Å². The standard InChI is InChI=1S/C18H20N2/c1-18(2,3)17-7-5-6-14-10-13(8-9-16(14)17)15-11-19-20(4)12-15/h5-12H,1-4H3. The Hall–Kier alpha value is -2.09. The fourth-order valence-corrected chi connectivity index (χ4v) is 2.69. The second-order valence-electron chi connectivity index (χ2n) is 6.39. The van der Waals surface area contributed by atoms with Crippen LogP contribution in [-0.4, -0.2) is 9.78 Å². The zero-order valence-electron chi connectivity index (χ0n) is 12.5. The van der Waals surface area contributed by atoms with Crippen molar-refractivity contribution in [1.29, 1.82) is 0 Å². The third-order valence-corrected chi connectivity index (χ3v) is 3.73. The van der Waals surface area contributed by atoms with Crippen molar-refractivity contribution in [3.63, 3.8) is 0 Å². The number of hydrogen-bond donors (Lipinski definition) is 0. The van der Waals surface area contributed by atoms with E-state index in [-0.39, 0.29) is 5.41 Å². The quantitative estimate of drug-likeness (QED) is 0.631. The Bertz CT molecular complexity index is 760. The molecule has 0 N–H and O–H groups in total. The highest BCUT2D eigenvalue weighted by atomic mass is 15.2. The van der Waals surface area contributed by atoms with Gasteiger partial charge >= 0.3 is 0 Å². The summed E-state index contributed by atoms with van der Waals surface area (Å²) in [5, 5.41) is 6.88. The molecule has 0 aliphatic heterocycles. The zero-order chi connectivity index (χ0) is 14.3. The van der Waals surface area contributed by atoms with Gasteiger partial charge in [-0.05, 0) is 33.4 Å². The Labute approximate surface area is 120 Å². The molecule has 2 heteroatoms. The van der Waals surface area contributed by atoms with E-state index < -0.39 is 0 Å². The molecule has 1 aromatic heterocycles. The van der Waals surface area contributed by atoms with Crippen LogP contribution in [0.15, 0.2) is 48.8 Å². The molecule has 1 heterocycles. The molecular formula is C18H20N2. The molecule has 0 fully saturated rings. The average molecular weight is 264 g/mol. The first-order valence-electron chi connectivity index (χ1n) is 6.97. The van der Waals surface area contributed by atoms with Gasteiger partial charge in [-0.3, -0.25) is 4.68 Å². The van der Waals surface area contributed by atoms with Crippen LogP contribution in [0.4, 0.5) is 0 Å². The minimum atomic E-state index is 0.162. The molecule has 2 nitrogen and oxygen atoms in total. The van der Waals surface area contributed by atoms with E-state index in [1.54, 1.807) is 0 Å². The summed E-state index contributed by atoms with van der Waals surface area (Å²) in [5.41, 5.74) is 3.94. The van der Waals surface area contributed by atoms with Crippen LogP contribution in [0.5, 0.6) is 0 Å². The molecular weight excluding hydrogens is 244 g/mol. The third kappa shape index (κ3) is 2.22. The Morgan fingerprint density at radius 3 is 2.45 bits per heavy atom. The van der Waals surface area contributed by atoms with E-state index in [1.165, 1.54) is 21.9 Å². The lowest BCUT2D eigenvalue weighted by atomic mass is 9.83. The van der Waals surface area contributed by atoms with Crippen molar-refractivity contribution in [2.75, 3.05) is 0 Å². The van der Waals surface area contributed by atoms with Gasteiger partial charge in [0.1, 0.15) is 0 Å². The molecule has 0 aliphatic carbocycles. The maximum absolute atomic E-state index is 4.25. The van der Waals surface area contributed by atoms with Gasteiger partial charge in [0.15, 0.2) is 0 Å². The van der Waals surface area contributed by atoms with Crippen molar-refractivity contribution in [3.05, 3.63) is 54.4 Å². The van der Waals surface area contributed by atoms with Gasteiger partial charge in [0, 0.05) is 18.8 Å². The zero-order valence-corrected chi connectivity index (χ0v) is 12.5. The molecule has 0 bridgehead atoms. The molecule has 20 heavy (non-hydrogen) atoms. The average Bonchev–Trinajstić information content (AvgIpc) is 2.83. The number of rotatable bonds is 1. The first kappa shape index (κ1) is 12.9. The third-order valence-electron chi connectivity index (χ3n) is 3.73. The number of aryl methyl sites for hydroxylation is 1. The maximum atomic E-state index is 4.25. The van der Waals surface area contributed by atoms with Crippen molar-refractivity contribution in [2.24, 2.45) is 7.05 Å². The fourth-order valence-electron chi connectivity index (χ4n) is 2.69. The van der Waals surface area contributed by atoms with Crippen LogP contribution in [0.25, 0.3) is 21.9 Å². The lowest BCUT2D eigenvalue weighted by Gasteiger charge is -2.21. The normalized spacial score (nSPS) is 12.0. The summed E-state index contributed by atoms with van der Waals surface area (Å²) in [6.07, 6.45) is 3.96. The van der Waals surface area contributed by atoms with Crippen molar-refractivity contribution >= 4 is 10.8 Å². The molecule has 0 saturated heterocycles. The minimum Gasteiger partial charge on any atom is -0.275 e. The van der Waals surface area contributed by atoms with E-state index in [1.807, 2.05) is 17.9 Å². The van der Waals surface area contributed by atoms with Crippen LogP contribution in [0, 0.1) is 0 Å². The van der Waals surface area contributed by atoms with E-state index in [0.717, 1.165) is 5.56 Å². The Morgan fingerprint density at radius 2 is 1.80 bits per heavy atom. The topological polar surface area (TPSA) is 17.8 Å². The molecule has 0 radical (unpaired) electrons. The number of benzene rings is 2. The van der Waals surface area contributed by atoms with Gasteiger partial charge < -0.3 is 0 Å². The SMILES string of the molecule is Cn1cc(-c2ccc3c(C(C)(C)C)cccc3c2)cn1. The summed E-state index contributed by atoms with van der Waals surface area (Å²) >= 11 is 0. The highest BCUT2D eigenvalue weighted by Crippen LogP contribution is 2.32. The first-order valence-corrected chi connectivity index (χ1v) is 6.97.